The fourth-order valence-electron chi connectivity index (χ4n) is 1.41. The Labute approximate surface area is 99.0 Å². The molecule has 0 aliphatic carbocycles. The molecule has 0 aliphatic rings. The molecule has 0 unspecified atom stereocenters. The lowest BCUT2D eigenvalue weighted by Crippen LogP contribution is -1.99. The molecule has 0 spiro atoms. The van der Waals surface area contributed by atoms with Crippen LogP contribution in [0.5, 0.6) is 0 Å². The lowest BCUT2D eigenvalue weighted by molar-refractivity contribution is 0.597. The van der Waals surface area contributed by atoms with E-state index in [1.54, 1.807) is 7.05 Å². The van der Waals surface area contributed by atoms with E-state index in [9.17, 15) is 8.78 Å². The third-order valence-electron chi connectivity index (χ3n) is 2.27. The smallest absolute Gasteiger partial charge is 0.145 e. The Morgan fingerprint density at radius 2 is 2.00 bits per heavy atom. The molecule has 84 valence electrons. The lowest BCUT2D eigenvalue weighted by Gasteiger charge is -2.04. The number of anilines is 1. The number of nitrogen functional groups attached to an aromatic ring is 1. The largest absolute Gasteiger partial charge is 0.383 e. The van der Waals surface area contributed by atoms with Crippen molar-refractivity contribution in [3.05, 3.63) is 34.4 Å². The SMILES string of the molecule is Cn1ncc(-c2cc(F)cc(Br)c2F)c1N. The molecule has 3 nitrogen and oxygen atoms in total. The quantitative estimate of drug-likeness (QED) is 0.820. The standard InChI is InChI=1S/C10H8BrF2N3/c1-16-10(14)7(4-15-16)6-2-5(12)3-8(11)9(6)13/h2-4H,14H2,1H3. The van der Waals surface area contributed by atoms with E-state index in [-0.39, 0.29) is 15.9 Å². The first kappa shape index (κ1) is 11.1. The number of hydrogen-bond donors (Lipinski definition) is 1. The molecule has 2 N–H and O–H groups in total. The topological polar surface area (TPSA) is 43.8 Å². The van der Waals surface area contributed by atoms with E-state index in [2.05, 4.69) is 21.0 Å². The van der Waals surface area contributed by atoms with Gasteiger partial charge >= 0.3 is 0 Å². The molecule has 0 fully saturated rings. The van der Waals surface area contributed by atoms with Crippen molar-refractivity contribution in [3.63, 3.8) is 0 Å². The number of benzene rings is 1. The maximum atomic E-state index is 13.8. The summed E-state index contributed by atoms with van der Waals surface area (Å²) in [7, 11) is 1.63. The Kier molecular flexibility index (Phi) is 2.67. The van der Waals surface area contributed by atoms with Crippen molar-refractivity contribution in [1.82, 2.24) is 9.78 Å². The molecule has 2 aromatic rings. The second-order valence-corrected chi connectivity index (χ2v) is 4.17. The van der Waals surface area contributed by atoms with Crippen molar-refractivity contribution in [2.45, 2.75) is 0 Å². The third kappa shape index (κ3) is 1.69. The minimum Gasteiger partial charge on any atom is -0.383 e. The highest BCUT2D eigenvalue weighted by Gasteiger charge is 2.15. The van der Waals surface area contributed by atoms with Crippen molar-refractivity contribution in [1.29, 1.82) is 0 Å². The van der Waals surface area contributed by atoms with Crippen molar-refractivity contribution in [2.75, 3.05) is 5.73 Å². The summed E-state index contributed by atoms with van der Waals surface area (Å²) in [5, 5.41) is 3.88. The summed E-state index contributed by atoms with van der Waals surface area (Å²) in [6.45, 7) is 0. The molecule has 0 atom stereocenters. The summed E-state index contributed by atoms with van der Waals surface area (Å²) in [4.78, 5) is 0. The van der Waals surface area contributed by atoms with Crippen LogP contribution in [-0.4, -0.2) is 9.78 Å². The predicted octanol–water partition coefficient (Wildman–Crippen LogP) is 2.71. The first-order chi connectivity index (χ1) is 7.50. The minimum atomic E-state index is -0.555. The van der Waals surface area contributed by atoms with Crippen LogP contribution in [0.4, 0.5) is 14.6 Å². The van der Waals surface area contributed by atoms with Gasteiger partial charge in [-0.05, 0) is 28.1 Å². The van der Waals surface area contributed by atoms with E-state index >= 15 is 0 Å². The summed E-state index contributed by atoms with van der Waals surface area (Å²) >= 11 is 2.94. The molecule has 0 saturated heterocycles. The number of nitrogens with two attached hydrogens (primary N) is 1. The second-order valence-electron chi connectivity index (χ2n) is 3.32. The van der Waals surface area contributed by atoms with E-state index in [0.717, 1.165) is 12.1 Å². The van der Waals surface area contributed by atoms with Gasteiger partial charge in [-0.3, -0.25) is 4.68 Å². The van der Waals surface area contributed by atoms with Gasteiger partial charge in [0.25, 0.3) is 0 Å². The summed E-state index contributed by atoms with van der Waals surface area (Å²) in [6.07, 6.45) is 1.40. The highest BCUT2D eigenvalue weighted by atomic mass is 79.9. The Balaban J connectivity index is 2.69. The summed E-state index contributed by atoms with van der Waals surface area (Å²) in [5.41, 5.74) is 6.17. The molecule has 0 bridgehead atoms. The molecule has 1 heterocycles. The van der Waals surface area contributed by atoms with Crippen LogP contribution in [0, 0.1) is 11.6 Å². The van der Waals surface area contributed by atoms with Crippen LogP contribution in [0.15, 0.2) is 22.8 Å². The van der Waals surface area contributed by atoms with E-state index in [1.165, 1.54) is 10.9 Å². The highest BCUT2D eigenvalue weighted by Crippen LogP contribution is 2.32. The molecule has 0 saturated carbocycles. The van der Waals surface area contributed by atoms with Gasteiger partial charge in [-0.2, -0.15) is 5.10 Å². The van der Waals surface area contributed by atoms with Gasteiger partial charge in [0.15, 0.2) is 0 Å². The Morgan fingerprint density at radius 3 is 2.56 bits per heavy atom. The van der Waals surface area contributed by atoms with Gasteiger partial charge in [-0.15, -0.1) is 0 Å². The van der Waals surface area contributed by atoms with Crippen LogP contribution in [0.1, 0.15) is 0 Å². The van der Waals surface area contributed by atoms with E-state index in [1.807, 2.05) is 0 Å². The molecule has 0 radical (unpaired) electrons. The number of nitrogens with zero attached hydrogens (tertiary/aromatic N) is 2. The number of rotatable bonds is 1. The maximum Gasteiger partial charge on any atom is 0.145 e. The van der Waals surface area contributed by atoms with Crippen molar-refractivity contribution >= 4 is 21.7 Å². The van der Waals surface area contributed by atoms with Crippen molar-refractivity contribution < 1.29 is 8.78 Å². The zero-order valence-electron chi connectivity index (χ0n) is 8.34. The highest BCUT2D eigenvalue weighted by molar-refractivity contribution is 9.10. The molecule has 0 amide bonds. The van der Waals surface area contributed by atoms with Gasteiger partial charge in [0.2, 0.25) is 0 Å². The summed E-state index contributed by atoms with van der Waals surface area (Å²) < 4.78 is 28.4. The number of hydrogen-bond acceptors (Lipinski definition) is 2. The first-order valence-electron chi connectivity index (χ1n) is 4.43. The molecular formula is C10H8BrF2N3. The molecule has 6 heteroatoms. The Morgan fingerprint density at radius 1 is 1.31 bits per heavy atom. The average molecular weight is 288 g/mol. The van der Waals surface area contributed by atoms with Crippen LogP contribution in [0.25, 0.3) is 11.1 Å². The van der Waals surface area contributed by atoms with Gasteiger partial charge in [0, 0.05) is 18.2 Å². The molecule has 0 aliphatic heterocycles. The maximum absolute atomic E-state index is 13.8. The molecule has 1 aromatic carbocycles. The predicted molar refractivity (Wildman–Crippen MR) is 60.7 cm³/mol. The molecule has 2 rings (SSSR count). The lowest BCUT2D eigenvalue weighted by atomic mass is 10.1. The van der Waals surface area contributed by atoms with Gasteiger partial charge in [-0.1, -0.05) is 0 Å². The zero-order valence-corrected chi connectivity index (χ0v) is 9.92. The van der Waals surface area contributed by atoms with Crippen molar-refractivity contribution in [2.24, 2.45) is 7.05 Å². The van der Waals surface area contributed by atoms with E-state index < -0.39 is 11.6 Å². The van der Waals surface area contributed by atoms with E-state index in [4.69, 9.17) is 5.73 Å². The first-order valence-corrected chi connectivity index (χ1v) is 5.22. The summed E-state index contributed by atoms with van der Waals surface area (Å²) in [5.74, 6) is -0.802. The average Bonchev–Trinajstić information content (AvgIpc) is 2.54. The Hall–Kier alpha value is -1.43. The number of halogens is 3. The third-order valence-corrected chi connectivity index (χ3v) is 2.84. The minimum absolute atomic E-state index is 0.0609. The van der Waals surface area contributed by atoms with Crippen LogP contribution < -0.4 is 5.73 Å². The van der Waals surface area contributed by atoms with Crippen LogP contribution in [-0.2, 0) is 7.05 Å². The van der Waals surface area contributed by atoms with Gasteiger partial charge in [0.05, 0.1) is 10.7 Å². The van der Waals surface area contributed by atoms with Gasteiger partial charge in [-0.25, -0.2) is 8.78 Å². The normalized spacial score (nSPS) is 10.8. The monoisotopic (exact) mass is 287 g/mol. The van der Waals surface area contributed by atoms with E-state index in [0.29, 0.717) is 5.56 Å². The van der Waals surface area contributed by atoms with Gasteiger partial charge < -0.3 is 5.73 Å². The summed E-state index contributed by atoms with van der Waals surface area (Å²) in [6, 6.07) is 2.15. The van der Waals surface area contributed by atoms with Crippen molar-refractivity contribution in [3.8, 4) is 11.1 Å². The zero-order chi connectivity index (χ0) is 11.9. The number of aromatic nitrogens is 2. The van der Waals surface area contributed by atoms with Gasteiger partial charge in [0.1, 0.15) is 17.5 Å². The fraction of sp³-hybridized carbons (Fsp3) is 0.100. The van der Waals surface area contributed by atoms with Crippen LogP contribution in [0.2, 0.25) is 0 Å². The fourth-order valence-corrected chi connectivity index (χ4v) is 1.84. The molecule has 1 aromatic heterocycles. The van der Waals surface area contributed by atoms with Crippen LogP contribution in [0.3, 0.4) is 0 Å². The van der Waals surface area contributed by atoms with Crippen LogP contribution >= 0.6 is 15.9 Å². The molecular weight excluding hydrogens is 280 g/mol. The Bertz CT molecular complexity index is 551. The second kappa shape index (κ2) is 3.86. The molecule has 16 heavy (non-hydrogen) atoms. The number of aryl methyl sites for hydroxylation is 1.